The van der Waals surface area contributed by atoms with E-state index >= 15 is 0 Å². The Morgan fingerprint density at radius 2 is 1.62 bits per heavy atom. The van der Waals surface area contributed by atoms with Crippen LogP contribution in [0.2, 0.25) is 0 Å². The molecular formula is C19H16O5. The summed E-state index contributed by atoms with van der Waals surface area (Å²) in [4.78, 5) is 22.4. The van der Waals surface area contributed by atoms with Crippen LogP contribution in [-0.2, 0) is 14.3 Å². The van der Waals surface area contributed by atoms with E-state index in [1.54, 1.807) is 37.3 Å². The van der Waals surface area contributed by atoms with Crippen LogP contribution in [0.1, 0.15) is 6.92 Å². The van der Waals surface area contributed by atoms with Crippen LogP contribution in [-0.4, -0.2) is 11.9 Å². The fourth-order valence-corrected chi connectivity index (χ4v) is 1.79. The summed E-state index contributed by atoms with van der Waals surface area (Å²) < 4.78 is 15.2. The van der Waals surface area contributed by atoms with Crippen LogP contribution in [0.4, 0.5) is 0 Å². The minimum absolute atomic E-state index is 0.304. The molecule has 24 heavy (non-hydrogen) atoms. The van der Waals surface area contributed by atoms with E-state index < -0.39 is 11.9 Å². The average Bonchev–Trinajstić information content (AvgIpc) is 2.58. The maximum absolute atomic E-state index is 11.2. The molecule has 5 nitrogen and oxygen atoms in total. The number of esters is 2. The molecule has 0 amide bonds. The average molecular weight is 324 g/mol. The van der Waals surface area contributed by atoms with Crippen molar-refractivity contribution >= 4 is 22.7 Å². The van der Waals surface area contributed by atoms with Gasteiger partial charge in [0.25, 0.3) is 0 Å². The lowest BCUT2D eigenvalue weighted by Crippen LogP contribution is -2.02. The van der Waals surface area contributed by atoms with Gasteiger partial charge in [-0.05, 0) is 42.0 Å². The van der Waals surface area contributed by atoms with E-state index in [4.69, 9.17) is 14.2 Å². The molecule has 0 spiro atoms. The molecule has 2 aromatic carbocycles. The highest BCUT2D eigenvalue weighted by Crippen LogP contribution is 2.25. The normalized spacial score (nSPS) is 10.4. The molecule has 0 aliphatic heterocycles. The lowest BCUT2D eigenvalue weighted by molar-refractivity contribution is -0.133. The monoisotopic (exact) mass is 324 g/mol. The molecule has 0 unspecified atom stereocenters. The van der Waals surface area contributed by atoms with Crippen molar-refractivity contribution in [3.8, 4) is 11.5 Å². The Hall–Kier alpha value is -3.34. The minimum Gasteiger partial charge on any atom is -0.462 e. The van der Waals surface area contributed by atoms with Crippen LogP contribution in [0.3, 0.4) is 0 Å². The van der Waals surface area contributed by atoms with Gasteiger partial charge < -0.3 is 14.2 Å². The molecule has 0 aliphatic rings. The summed E-state index contributed by atoms with van der Waals surface area (Å²) in [6.45, 7) is 8.38. The number of rotatable bonds is 6. The lowest BCUT2D eigenvalue weighted by atomic mass is 10.1. The molecule has 2 rings (SSSR count). The van der Waals surface area contributed by atoms with Gasteiger partial charge in [0, 0.05) is 11.6 Å². The molecular weight excluding hydrogens is 308 g/mol. The Labute approximate surface area is 139 Å². The van der Waals surface area contributed by atoms with Crippen LogP contribution >= 0.6 is 0 Å². The topological polar surface area (TPSA) is 61.8 Å². The molecule has 0 aromatic heterocycles. The first-order valence-corrected chi connectivity index (χ1v) is 7.06. The van der Waals surface area contributed by atoms with E-state index in [0.717, 1.165) is 23.1 Å². The van der Waals surface area contributed by atoms with Crippen molar-refractivity contribution in [3.63, 3.8) is 0 Å². The number of carbonyl (C=O) groups is 2. The Morgan fingerprint density at radius 3 is 2.25 bits per heavy atom. The van der Waals surface area contributed by atoms with Crippen LogP contribution in [0.25, 0.3) is 10.8 Å². The van der Waals surface area contributed by atoms with Gasteiger partial charge in [0.2, 0.25) is 0 Å². The summed E-state index contributed by atoms with van der Waals surface area (Å²) >= 11 is 0. The first-order valence-electron chi connectivity index (χ1n) is 7.06. The van der Waals surface area contributed by atoms with Gasteiger partial charge in [-0.3, -0.25) is 0 Å². The highest BCUT2D eigenvalue weighted by Gasteiger charge is 2.03. The second kappa shape index (κ2) is 7.78. The van der Waals surface area contributed by atoms with Gasteiger partial charge in [0.15, 0.2) is 0 Å². The van der Waals surface area contributed by atoms with Crippen molar-refractivity contribution in [2.24, 2.45) is 0 Å². The number of fused-ring (bicyclic) bond motifs is 1. The van der Waals surface area contributed by atoms with Gasteiger partial charge in [-0.2, -0.15) is 0 Å². The number of benzene rings is 2. The largest absolute Gasteiger partial charge is 0.462 e. The second-order valence-corrected chi connectivity index (χ2v) is 4.87. The summed E-state index contributed by atoms with van der Waals surface area (Å²) in [6.07, 6.45) is 3.52. The number of ether oxygens (including phenoxy) is 3. The van der Waals surface area contributed by atoms with Gasteiger partial charge in [-0.15, -0.1) is 0 Å². The Balaban J connectivity index is 2.06. The maximum atomic E-state index is 11.2. The van der Waals surface area contributed by atoms with Crippen LogP contribution in [0, 0.1) is 0 Å². The van der Waals surface area contributed by atoms with Gasteiger partial charge in [0.05, 0.1) is 0 Å². The van der Waals surface area contributed by atoms with Crippen molar-refractivity contribution < 1.29 is 23.8 Å². The molecule has 5 heteroatoms. The molecule has 0 bridgehead atoms. The van der Waals surface area contributed by atoms with Gasteiger partial charge in [0.1, 0.15) is 24.0 Å². The van der Waals surface area contributed by atoms with Crippen molar-refractivity contribution in [2.75, 3.05) is 0 Å². The third-order valence-electron chi connectivity index (χ3n) is 2.95. The number of hydrogen-bond donors (Lipinski definition) is 0. The highest BCUT2D eigenvalue weighted by molar-refractivity contribution is 5.88. The van der Waals surface area contributed by atoms with E-state index in [9.17, 15) is 9.59 Å². The van der Waals surface area contributed by atoms with E-state index in [0.29, 0.717) is 17.1 Å². The minimum atomic E-state index is -0.519. The molecule has 0 radical (unpaired) electrons. The van der Waals surface area contributed by atoms with Crippen LogP contribution in [0.5, 0.6) is 11.5 Å². The molecule has 0 saturated heterocycles. The van der Waals surface area contributed by atoms with Gasteiger partial charge >= 0.3 is 11.9 Å². The van der Waals surface area contributed by atoms with Crippen molar-refractivity contribution in [1.29, 1.82) is 0 Å². The van der Waals surface area contributed by atoms with E-state index in [-0.39, 0.29) is 0 Å². The second-order valence-electron chi connectivity index (χ2n) is 4.87. The fourth-order valence-electron chi connectivity index (χ4n) is 1.79. The van der Waals surface area contributed by atoms with E-state index in [1.807, 2.05) is 6.07 Å². The van der Waals surface area contributed by atoms with Crippen LogP contribution < -0.4 is 9.47 Å². The Morgan fingerprint density at radius 1 is 1.00 bits per heavy atom. The summed E-state index contributed by atoms with van der Waals surface area (Å²) in [7, 11) is 0. The predicted octanol–water partition coefficient (Wildman–Crippen LogP) is 3.90. The van der Waals surface area contributed by atoms with Crippen LogP contribution in [0.15, 0.2) is 73.7 Å². The van der Waals surface area contributed by atoms with Crippen molar-refractivity contribution in [2.45, 2.75) is 6.92 Å². The number of hydrogen-bond acceptors (Lipinski definition) is 5. The molecule has 0 atom stereocenters. The van der Waals surface area contributed by atoms with Gasteiger partial charge in [-0.25, -0.2) is 9.59 Å². The molecule has 2 aromatic rings. The predicted molar refractivity (Wildman–Crippen MR) is 90.5 cm³/mol. The summed E-state index contributed by atoms with van der Waals surface area (Å²) in [5.41, 5.74) is 0.304. The molecule has 0 saturated carbocycles. The van der Waals surface area contributed by atoms with Crippen molar-refractivity contribution in [1.82, 2.24) is 0 Å². The molecule has 0 N–H and O–H groups in total. The molecule has 0 fully saturated rings. The first kappa shape index (κ1) is 17.0. The Kier molecular flexibility index (Phi) is 5.52. The molecule has 0 heterocycles. The van der Waals surface area contributed by atoms with Crippen molar-refractivity contribution in [3.05, 3.63) is 73.7 Å². The molecule has 0 aliphatic carbocycles. The highest BCUT2D eigenvalue weighted by atomic mass is 16.5. The summed E-state index contributed by atoms with van der Waals surface area (Å²) in [5.74, 6) is -0.0210. The zero-order chi connectivity index (χ0) is 17.5. The quantitative estimate of drug-likeness (QED) is 0.349. The fraction of sp³-hybridized carbons (Fsp3) is 0.0526. The standard InChI is InChI=1S/C19H16O5/c1-4-18(20)24-17-8-6-14-11-16(7-5-15(14)12-17)22-9-10-23-19(21)13(2)3/h4-12H,1-2H2,3H3/b10-9-. The third-order valence-corrected chi connectivity index (χ3v) is 2.95. The zero-order valence-corrected chi connectivity index (χ0v) is 13.2. The number of carbonyl (C=O) groups excluding carboxylic acids is 2. The van der Waals surface area contributed by atoms with Gasteiger partial charge in [-0.1, -0.05) is 25.3 Å². The molecule has 122 valence electrons. The van der Waals surface area contributed by atoms with E-state index in [2.05, 4.69) is 13.2 Å². The first-order chi connectivity index (χ1) is 11.5. The lowest BCUT2D eigenvalue weighted by Gasteiger charge is -2.05. The summed E-state index contributed by atoms with van der Waals surface area (Å²) in [6, 6.07) is 10.6. The summed E-state index contributed by atoms with van der Waals surface area (Å²) in [5, 5.41) is 1.78. The third kappa shape index (κ3) is 4.58. The SMILES string of the molecule is C=CC(=O)Oc1ccc2cc(O/C=C\OC(=O)C(=C)C)ccc2c1. The smallest absolute Gasteiger partial charge is 0.338 e. The zero-order valence-electron chi connectivity index (χ0n) is 13.2. The maximum Gasteiger partial charge on any atom is 0.338 e. The Bertz CT molecular complexity index is 833. The van der Waals surface area contributed by atoms with E-state index in [1.165, 1.54) is 6.26 Å².